The van der Waals surface area contributed by atoms with Crippen molar-refractivity contribution in [1.29, 1.82) is 0 Å². The van der Waals surface area contributed by atoms with Gasteiger partial charge in [0.15, 0.2) is 17.0 Å². The second-order valence-electron chi connectivity index (χ2n) is 5.56. The number of ether oxygens (including phenoxy) is 1. The van der Waals surface area contributed by atoms with Crippen LogP contribution in [0.3, 0.4) is 0 Å². The number of aromatic nitrogens is 4. The molecule has 2 aromatic heterocycles. The maximum absolute atomic E-state index is 12.0. The Morgan fingerprint density at radius 2 is 2.04 bits per heavy atom. The minimum atomic E-state index is -3.20. The van der Waals surface area contributed by atoms with Gasteiger partial charge in [-0.3, -0.25) is 4.57 Å². The average molecular weight is 370 g/mol. The Hall–Kier alpha value is -1.87. The van der Waals surface area contributed by atoms with E-state index in [4.69, 9.17) is 13.8 Å². The minimum Gasteiger partial charge on any atom is -0.369 e. The van der Waals surface area contributed by atoms with Crippen LogP contribution in [0.5, 0.6) is 0 Å². The van der Waals surface area contributed by atoms with Crippen molar-refractivity contribution < 1.29 is 18.3 Å². The first-order chi connectivity index (χ1) is 11.9. The largest absolute Gasteiger partial charge is 0.369 e. The molecule has 25 heavy (non-hydrogen) atoms. The molecular formula is C14H23N6O4P. The second-order valence-corrected chi connectivity index (χ2v) is 7.77. The molecule has 2 rings (SSSR count). The molecule has 2 heterocycles. The Labute approximate surface area is 146 Å². The molecule has 0 aliphatic rings. The molecule has 0 spiro atoms. The number of fused-ring (bicyclic) bond motifs is 1. The Bertz CT molecular complexity index is 770. The van der Waals surface area contributed by atoms with Crippen molar-refractivity contribution >= 4 is 30.9 Å². The van der Waals surface area contributed by atoms with Crippen LogP contribution in [0.15, 0.2) is 17.6 Å². The van der Waals surface area contributed by atoms with Crippen LogP contribution in [0.1, 0.15) is 6.92 Å². The maximum atomic E-state index is 12.0. The van der Waals surface area contributed by atoms with Crippen LogP contribution in [0.4, 0.5) is 5.82 Å². The van der Waals surface area contributed by atoms with Gasteiger partial charge < -0.3 is 23.3 Å². The molecule has 0 unspecified atom stereocenters. The van der Waals surface area contributed by atoms with E-state index >= 15 is 0 Å². The van der Waals surface area contributed by atoms with Crippen molar-refractivity contribution in [3.05, 3.63) is 12.7 Å². The van der Waals surface area contributed by atoms with Crippen LogP contribution < -0.4 is 0 Å². The van der Waals surface area contributed by atoms with Crippen LogP contribution in [-0.4, -0.2) is 71.5 Å². The summed E-state index contributed by atoms with van der Waals surface area (Å²) in [5.41, 5.74) is 1.25. The third-order valence-electron chi connectivity index (χ3n) is 3.32. The molecule has 138 valence electrons. The van der Waals surface area contributed by atoms with Crippen LogP contribution in [0.2, 0.25) is 0 Å². The van der Waals surface area contributed by atoms with Crippen molar-refractivity contribution in [3.8, 4) is 0 Å². The quantitative estimate of drug-likeness (QED) is 0.374. The fourth-order valence-corrected chi connectivity index (χ4v) is 2.79. The van der Waals surface area contributed by atoms with E-state index < -0.39 is 7.60 Å². The lowest BCUT2D eigenvalue weighted by atomic mass is 10.4. The highest BCUT2D eigenvalue weighted by Gasteiger charge is 2.23. The van der Waals surface area contributed by atoms with Gasteiger partial charge in [-0.1, -0.05) is 0 Å². The lowest BCUT2D eigenvalue weighted by Gasteiger charge is -2.18. The van der Waals surface area contributed by atoms with Gasteiger partial charge in [0, 0.05) is 28.3 Å². The van der Waals surface area contributed by atoms with E-state index in [1.54, 1.807) is 12.7 Å². The molecule has 11 heteroatoms. The molecule has 0 aromatic carbocycles. The standard InChI is InChI=1S/C14H23N6O4P/c1-11(24-10-25(21,22-4)23-5)6-20-9-17-12-13(18-8-19(2)3)15-7-16-14(12)20/h7-9,11H,6,10H2,1-5H3/t11-/m1/s1. The van der Waals surface area contributed by atoms with Crippen LogP contribution in [-0.2, 0) is 24.9 Å². The lowest BCUT2D eigenvalue weighted by Crippen LogP contribution is -2.17. The van der Waals surface area contributed by atoms with Crippen molar-refractivity contribution in [2.24, 2.45) is 4.99 Å². The molecule has 0 amide bonds. The van der Waals surface area contributed by atoms with E-state index in [1.807, 2.05) is 30.5 Å². The molecule has 0 fully saturated rings. The van der Waals surface area contributed by atoms with Gasteiger partial charge in [-0.2, -0.15) is 0 Å². The zero-order valence-corrected chi connectivity index (χ0v) is 15.9. The summed E-state index contributed by atoms with van der Waals surface area (Å²) in [5.74, 6) is 0.495. The summed E-state index contributed by atoms with van der Waals surface area (Å²) in [6.07, 6.45) is 4.37. The van der Waals surface area contributed by atoms with Crippen molar-refractivity contribution in [2.75, 3.05) is 34.7 Å². The van der Waals surface area contributed by atoms with Gasteiger partial charge in [-0.25, -0.2) is 19.9 Å². The molecule has 0 N–H and O–H groups in total. The van der Waals surface area contributed by atoms with Gasteiger partial charge in [0.25, 0.3) is 0 Å². The van der Waals surface area contributed by atoms with E-state index in [9.17, 15) is 4.57 Å². The summed E-state index contributed by atoms with van der Waals surface area (Å²) in [6.45, 7) is 2.32. The zero-order valence-electron chi connectivity index (χ0n) is 15.0. The fourth-order valence-electron chi connectivity index (χ4n) is 1.99. The first-order valence-electron chi connectivity index (χ1n) is 7.57. The van der Waals surface area contributed by atoms with E-state index in [1.165, 1.54) is 20.5 Å². The highest BCUT2D eigenvalue weighted by molar-refractivity contribution is 7.53. The fraction of sp³-hybridized carbons (Fsp3) is 0.571. The Balaban J connectivity index is 2.11. The van der Waals surface area contributed by atoms with Gasteiger partial charge in [-0.05, 0) is 6.92 Å². The van der Waals surface area contributed by atoms with E-state index in [0.29, 0.717) is 23.5 Å². The summed E-state index contributed by atoms with van der Waals surface area (Å²) < 4.78 is 29.1. The monoisotopic (exact) mass is 370 g/mol. The molecule has 0 aliphatic heterocycles. The normalized spacial score (nSPS) is 13.6. The summed E-state index contributed by atoms with van der Waals surface area (Å²) in [5, 5.41) is 0. The first kappa shape index (κ1) is 19.5. The maximum Gasteiger partial charge on any atom is 0.355 e. The third-order valence-corrected chi connectivity index (χ3v) is 4.90. The molecular weight excluding hydrogens is 347 g/mol. The number of nitrogens with zero attached hydrogens (tertiary/aromatic N) is 6. The smallest absolute Gasteiger partial charge is 0.355 e. The molecule has 0 radical (unpaired) electrons. The van der Waals surface area contributed by atoms with Gasteiger partial charge in [0.05, 0.1) is 25.3 Å². The van der Waals surface area contributed by atoms with Gasteiger partial charge in [-0.15, -0.1) is 0 Å². The molecule has 0 bridgehead atoms. The molecule has 2 aromatic rings. The topological polar surface area (TPSA) is 104 Å². The molecule has 0 saturated carbocycles. The molecule has 1 atom stereocenters. The summed E-state index contributed by atoms with van der Waals surface area (Å²) in [7, 11) is 3.21. The van der Waals surface area contributed by atoms with E-state index in [0.717, 1.165) is 0 Å². The van der Waals surface area contributed by atoms with E-state index in [2.05, 4.69) is 19.9 Å². The van der Waals surface area contributed by atoms with E-state index in [-0.39, 0.29) is 12.5 Å². The van der Waals surface area contributed by atoms with Crippen LogP contribution >= 0.6 is 7.60 Å². The Kier molecular flexibility index (Phi) is 6.60. The lowest BCUT2D eigenvalue weighted by molar-refractivity contribution is 0.0718. The number of hydrogen-bond acceptors (Lipinski definition) is 8. The minimum absolute atomic E-state index is 0.124. The third kappa shape index (κ3) is 5.05. The highest BCUT2D eigenvalue weighted by atomic mass is 31.2. The molecule has 0 saturated heterocycles. The summed E-state index contributed by atoms with van der Waals surface area (Å²) in [4.78, 5) is 18.9. The predicted molar refractivity (Wildman–Crippen MR) is 94.2 cm³/mol. The van der Waals surface area contributed by atoms with Crippen molar-refractivity contribution in [2.45, 2.75) is 19.6 Å². The van der Waals surface area contributed by atoms with Gasteiger partial charge in [0.1, 0.15) is 12.7 Å². The average Bonchev–Trinajstić information content (AvgIpc) is 3.01. The summed E-state index contributed by atoms with van der Waals surface area (Å²) >= 11 is 0. The van der Waals surface area contributed by atoms with Crippen LogP contribution in [0.25, 0.3) is 11.2 Å². The Morgan fingerprint density at radius 3 is 2.68 bits per heavy atom. The number of imidazole rings is 1. The van der Waals surface area contributed by atoms with Crippen molar-refractivity contribution in [3.63, 3.8) is 0 Å². The molecule has 0 aliphatic carbocycles. The zero-order chi connectivity index (χ0) is 18.4. The second kappa shape index (κ2) is 8.48. The summed E-state index contributed by atoms with van der Waals surface area (Å²) in [6, 6.07) is 0. The Morgan fingerprint density at radius 1 is 1.32 bits per heavy atom. The number of hydrogen-bond donors (Lipinski definition) is 0. The number of rotatable bonds is 9. The highest BCUT2D eigenvalue weighted by Crippen LogP contribution is 2.46. The van der Waals surface area contributed by atoms with Gasteiger partial charge >= 0.3 is 7.60 Å². The van der Waals surface area contributed by atoms with Crippen molar-refractivity contribution in [1.82, 2.24) is 24.4 Å². The predicted octanol–water partition coefficient (Wildman–Crippen LogP) is 1.90. The number of aliphatic imine (C=N–C) groups is 1. The van der Waals surface area contributed by atoms with Gasteiger partial charge in [0.2, 0.25) is 0 Å². The SMILES string of the molecule is COP(=O)(CO[C@H](C)Cn1cnc2c(N=CN(C)C)ncnc21)OC. The molecule has 10 nitrogen and oxygen atoms in total. The van der Waals surface area contributed by atoms with Crippen LogP contribution in [0, 0.1) is 0 Å². The first-order valence-corrected chi connectivity index (χ1v) is 9.30.